The number of benzene rings is 1. The minimum atomic E-state index is 0.645. The molecule has 84 valence electrons. The van der Waals surface area contributed by atoms with Gasteiger partial charge in [0.05, 0.1) is 0 Å². The van der Waals surface area contributed by atoms with Gasteiger partial charge in [-0.3, -0.25) is 4.67 Å². The summed E-state index contributed by atoms with van der Waals surface area (Å²) in [7, 11) is 0.895. The third-order valence-corrected chi connectivity index (χ3v) is 4.39. The molecule has 0 spiro atoms. The van der Waals surface area contributed by atoms with Gasteiger partial charge >= 0.3 is 0 Å². The third kappa shape index (κ3) is 4.32. The fourth-order valence-electron chi connectivity index (χ4n) is 1.74. The molecule has 1 unspecified atom stereocenters. The molecule has 1 nitrogen and oxygen atoms in total. The van der Waals surface area contributed by atoms with E-state index in [1.807, 2.05) is 0 Å². The molecule has 1 rings (SSSR count). The van der Waals surface area contributed by atoms with Crippen molar-refractivity contribution in [3.8, 4) is 0 Å². The van der Waals surface area contributed by atoms with Crippen LogP contribution in [0, 0.1) is 0 Å². The maximum absolute atomic E-state index is 2.56. The molecule has 0 bridgehead atoms. The van der Waals surface area contributed by atoms with Gasteiger partial charge in [0, 0.05) is 18.2 Å². The summed E-state index contributed by atoms with van der Waals surface area (Å²) in [5.74, 6) is 0. The van der Waals surface area contributed by atoms with Gasteiger partial charge < -0.3 is 0 Å². The van der Waals surface area contributed by atoms with Crippen LogP contribution in [0.4, 0.5) is 0 Å². The predicted octanol–water partition coefficient (Wildman–Crippen LogP) is 3.90. The largest absolute Gasteiger partial charge is 0.279 e. The Morgan fingerprint density at radius 1 is 1.00 bits per heavy atom. The average molecular weight is 223 g/mol. The van der Waals surface area contributed by atoms with Gasteiger partial charge in [-0.25, -0.2) is 0 Å². The van der Waals surface area contributed by atoms with Gasteiger partial charge in [0.15, 0.2) is 0 Å². The number of hydrogen-bond acceptors (Lipinski definition) is 1. The Morgan fingerprint density at radius 2 is 1.53 bits per heavy atom. The quantitative estimate of drug-likeness (QED) is 0.684. The van der Waals surface area contributed by atoms with E-state index in [0.29, 0.717) is 12.1 Å². The number of hydrogen-bond donors (Lipinski definition) is 0. The van der Waals surface area contributed by atoms with Crippen molar-refractivity contribution in [2.45, 2.75) is 45.9 Å². The Balaban J connectivity index is 2.47. The monoisotopic (exact) mass is 223 g/mol. The van der Waals surface area contributed by atoms with Gasteiger partial charge in [-0.1, -0.05) is 30.3 Å². The smallest absolute Gasteiger partial charge is 0.00780 e. The molecular formula is C13H22NP. The molecule has 0 aliphatic carbocycles. The minimum absolute atomic E-state index is 0.645. The number of nitrogens with zero attached hydrogens (tertiary/aromatic N) is 1. The van der Waals surface area contributed by atoms with E-state index in [-0.39, 0.29) is 0 Å². The highest BCUT2D eigenvalue weighted by atomic mass is 31.1. The summed E-state index contributed by atoms with van der Waals surface area (Å²) in [6, 6.07) is 12.0. The van der Waals surface area contributed by atoms with Gasteiger partial charge in [0.2, 0.25) is 0 Å². The van der Waals surface area contributed by atoms with Gasteiger partial charge in [-0.2, -0.15) is 0 Å². The first kappa shape index (κ1) is 12.7. The molecule has 0 fully saturated rings. The fraction of sp³-hybridized carbons (Fsp3) is 0.538. The van der Waals surface area contributed by atoms with Crippen LogP contribution in [0.25, 0.3) is 0 Å². The molecule has 0 saturated heterocycles. The normalized spacial score (nSPS) is 12.5. The molecular weight excluding hydrogens is 201 g/mol. The standard InChI is InChI=1S/C13H22NP/c1-11(2)14(12(3)4)15-10-13-8-6-5-7-9-13/h5-9,11-12,15H,10H2,1-4H3. The lowest BCUT2D eigenvalue weighted by atomic mass is 10.2. The summed E-state index contributed by atoms with van der Waals surface area (Å²) >= 11 is 0. The second kappa shape index (κ2) is 6.25. The van der Waals surface area contributed by atoms with Crippen molar-refractivity contribution >= 4 is 8.73 Å². The third-order valence-electron chi connectivity index (χ3n) is 2.42. The van der Waals surface area contributed by atoms with Crippen molar-refractivity contribution in [3.63, 3.8) is 0 Å². The zero-order chi connectivity index (χ0) is 11.3. The Labute approximate surface area is 95.7 Å². The van der Waals surface area contributed by atoms with Crippen LogP contribution in [0.3, 0.4) is 0 Å². The van der Waals surface area contributed by atoms with E-state index in [1.54, 1.807) is 0 Å². The average Bonchev–Trinajstić information content (AvgIpc) is 2.18. The highest BCUT2D eigenvalue weighted by molar-refractivity contribution is 7.34. The molecule has 0 aliphatic heterocycles. The summed E-state index contributed by atoms with van der Waals surface area (Å²) in [4.78, 5) is 0. The molecule has 0 heterocycles. The van der Waals surface area contributed by atoms with E-state index < -0.39 is 0 Å². The topological polar surface area (TPSA) is 3.24 Å². The van der Waals surface area contributed by atoms with Gasteiger partial charge in [0.1, 0.15) is 0 Å². The SMILES string of the molecule is CC(C)N(PCc1ccccc1)C(C)C. The van der Waals surface area contributed by atoms with Crippen molar-refractivity contribution in [2.75, 3.05) is 0 Å². The van der Waals surface area contributed by atoms with Crippen LogP contribution in [0.1, 0.15) is 33.3 Å². The zero-order valence-electron chi connectivity index (χ0n) is 10.2. The van der Waals surface area contributed by atoms with Gasteiger partial charge in [0.25, 0.3) is 0 Å². The Bertz CT molecular complexity index is 261. The first-order valence-electron chi connectivity index (χ1n) is 5.67. The Kier molecular flexibility index (Phi) is 5.28. The lowest BCUT2D eigenvalue weighted by Crippen LogP contribution is -2.29. The van der Waals surface area contributed by atoms with Gasteiger partial charge in [-0.15, -0.1) is 0 Å². The molecule has 0 saturated carbocycles. The first-order valence-corrected chi connectivity index (χ1v) is 6.82. The summed E-state index contributed by atoms with van der Waals surface area (Å²) in [5.41, 5.74) is 1.45. The fourth-order valence-corrected chi connectivity index (χ4v) is 3.07. The predicted molar refractivity (Wildman–Crippen MR) is 70.6 cm³/mol. The summed E-state index contributed by atoms with van der Waals surface area (Å²) in [6.07, 6.45) is 1.18. The maximum atomic E-state index is 2.56. The molecule has 0 N–H and O–H groups in total. The highest BCUT2D eigenvalue weighted by Gasteiger charge is 2.12. The summed E-state index contributed by atoms with van der Waals surface area (Å²) < 4.78 is 2.56. The molecule has 1 aromatic rings. The van der Waals surface area contributed by atoms with E-state index in [4.69, 9.17) is 0 Å². The first-order chi connectivity index (χ1) is 7.11. The molecule has 0 radical (unpaired) electrons. The van der Waals surface area contributed by atoms with Crippen LogP contribution in [0.2, 0.25) is 0 Å². The minimum Gasteiger partial charge on any atom is -0.279 e. The summed E-state index contributed by atoms with van der Waals surface area (Å²) in [5, 5.41) is 0. The van der Waals surface area contributed by atoms with Crippen LogP contribution in [0.5, 0.6) is 0 Å². The van der Waals surface area contributed by atoms with Crippen LogP contribution in [-0.4, -0.2) is 16.8 Å². The zero-order valence-corrected chi connectivity index (χ0v) is 11.2. The maximum Gasteiger partial charge on any atom is 0.00780 e. The molecule has 1 aromatic carbocycles. The lowest BCUT2D eigenvalue weighted by Gasteiger charge is -2.30. The summed E-state index contributed by atoms with van der Waals surface area (Å²) in [6.45, 7) is 9.10. The second-order valence-corrected chi connectivity index (χ2v) is 5.60. The van der Waals surface area contributed by atoms with Crippen molar-refractivity contribution in [1.29, 1.82) is 0 Å². The van der Waals surface area contributed by atoms with Crippen LogP contribution < -0.4 is 0 Å². The van der Waals surface area contributed by atoms with E-state index >= 15 is 0 Å². The van der Waals surface area contributed by atoms with Crippen LogP contribution in [-0.2, 0) is 6.16 Å². The van der Waals surface area contributed by atoms with Crippen LogP contribution in [0.15, 0.2) is 30.3 Å². The van der Waals surface area contributed by atoms with Crippen molar-refractivity contribution in [1.82, 2.24) is 4.67 Å². The second-order valence-electron chi connectivity index (χ2n) is 4.42. The molecule has 0 aromatic heterocycles. The molecule has 2 heteroatoms. The van der Waals surface area contributed by atoms with Gasteiger partial charge in [-0.05, 0) is 42.0 Å². The molecule has 1 atom stereocenters. The Hall–Kier alpha value is -0.390. The highest BCUT2D eigenvalue weighted by Crippen LogP contribution is 2.28. The van der Waals surface area contributed by atoms with Crippen molar-refractivity contribution in [2.24, 2.45) is 0 Å². The molecule has 15 heavy (non-hydrogen) atoms. The molecule has 0 amide bonds. The van der Waals surface area contributed by atoms with E-state index in [2.05, 4.69) is 62.7 Å². The van der Waals surface area contributed by atoms with Crippen LogP contribution >= 0.6 is 8.73 Å². The Morgan fingerprint density at radius 3 is 2.00 bits per heavy atom. The van der Waals surface area contributed by atoms with E-state index in [1.165, 1.54) is 11.7 Å². The van der Waals surface area contributed by atoms with E-state index in [0.717, 1.165) is 8.73 Å². The van der Waals surface area contributed by atoms with Crippen molar-refractivity contribution in [3.05, 3.63) is 35.9 Å². The number of rotatable bonds is 5. The lowest BCUT2D eigenvalue weighted by molar-refractivity contribution is 0.328. The van der Waals surface area contributed by atoms with Crippen molar-refractivity contribution < 1.29 is 0 Å². The molecule has 0 aliphatic rings. The van der Waals surface area contributed by atoms with E-state index in [9.17, 15) is 0 Å².